The summed E-state index contributed by atoms with van der Waals surface area (Å²) in [5.74, 6) is 0. The second-order valence-electron chi connectivity index (χ2n) is 3.84. The minimum atomic E-state index is -3.61. The summed E-state index contributed by atoms with van der Waals surface area (Å²) in [6, 6.07) is -0.535. The molecule has 1 aromatic heterocycles. The van der Waals surface area contributed by atoms with Crippen molar-refractivity contribution in [3.05, 3.63) is 12.5 Å². The summed E-state index contributed by atoms with van der Waals surface area (Å²) < 4.78 is 27.0. The maximum Gasteiger partial charge on any atom is 0.262 e. The number of aromatic nitrogens is 2. The molecule has 0 unspecified atom stereocenters. The summed E-state index contributed by atoms with van der Waals surface area (Å²) >= 11 is 0. The van der Waals surface area contributed by atoms with Crippen molar-refractivity contribution in [3.63, 3.8) is 0 Å². The van der Waals surface area contributed by atoms with Crippen LogP contribution in [0.25, 0.3) is 0 Å². The van der Waals surface area contributed by atoms with Gasteiger partial charge in [0.1, 0.15) is 6.29 Å². The number of hydrogen-bond acceptors (Lipinski definition) is 4. The molecule has 0 amide bonds. The standard InChI is InChI=1S/C9H13N3O3S/c1-11-5-9(10-7-11)16(14,15)12-4-2-3-8(12)6-13/h5-8H,2-4H2,1H3/t8-/m0/s1. The second kappa shape index (κ2) is 3.99. The van der Waals surface area contributed by atoms with Gasteiger partial charge in [-0.2, -0.15) is 4.31 Å². The minimum Gasteiger partial charge on any atom is -0.339 e. The molecule has 88 valence electrons. The quantitative estimate of drug-likeness (QED) is 0.688. The molecule has 6 nitrogen and oxygen atoms in total. The van der Waals surface area contributed by atoms with Gasteiger partial charge in [-0.25, -0.2) is 13.4 Å². The SMILES string of the molecule is Cn1cnc(S(=O)(=O)N2CCC[C@H]2C=O)c1. The van der Waals surface area contributed by atoms with Gasteiger partial charge in [0, 0.05) is 19.8 Å². The van der Waals surface area contributed by atoms with E-state index >= 15 is 0 Å². The first-order valence-electron chi connectivity index (χ1n) is 5.01. The lowest BCUT2D eigenvalue weighted by molar-refractivity contribution is -0.110. The van der Waals surface area contributed by atoms with Crippen molar-refractivity contribution in [2.75, 3.05) is 6.54 Å². The number of carbonyl (C=O) groups is 1. The van der Waals surface area contributed by atoms with Crippen LogP contribution in [0.4, 0.5) is 0 Å². The highest BCUT2D eigenvalue weighted by Crippen LogP contribution is 2.23. The van der Waals surface area contributed by atoms with E-state index in [1.54, 1.807) is 11.6 Å². The van der Waals surface area contributed by atoms with Gasteiger partial charge in [-0.05, 0) is 12.8 Å². The molecule has 0 aromatic carbocycles. The van der Waals surface area contributed by atoms with Crippen molar-refractivity contribution >= 4 is 16.3 Å². The van der Waals surface area contributed by atoms with Crippen LogP contribution in [-0.4, -0.2) is 41.1 Å². The van der Waals surface area contributed by atoms with Gasteiger partial charge >= 0.3 is 0 Å². The van der Waals surface area contributed by atoms with E-state index in [-0.39, 0.29) is 5.03 Å². The van der Waals surface area contributed by atoms with Crippen LogP contribution >= 0.6 is 0 Å². The van der Waals surface area contributed by atoms with E-state index in [4.69, 9.17) is 0 Å². The normalized spacial score (nSPS) is 22.4. The van der Waals surface area contributed by atoms with Gasteiger partial charge in [0.25, 0.3) is 10.0 Å². The topological polar surface area (TPSA) is 72.3 Å². The Hall–Kier alpha value is -1.21. The number of imidazole rings is 1. The van der Waals surface area contributed by atoms with Gasteiger partial charge in [0.15, 0.2) is 5.03 Å². The van der Waals surface area contributed by atoms with Crippen LogP contribution in [0, 0.1) is 0 Å². The summed E-state index contributed by atoms with van der Waals surface area (Å²) in [5, 5.41) is 0.00347. The molecule has 0 radical (unpaired) electrons. The Morgan fingerprint density at radius 3 is 2.88 bits per heavy atom. The van der Waals surface area contributed by atoms with Crippen molar-refractivity contribution in [1.29, 1.82) is 0 Å². The number of aryl methyl sites for hydroxylation is 1. The molecule has 0 aliphatic carbocycles. The lowest BCUT2D eigenvalue weighted by Gasteiger charge is -2.18. The fraction of sp³-hybridized carbons (Fsp3) is 0.556. The number of sulfonamides is 1. The Labute approximate surface area is 93.9 Å². The van der Waals surface area contributed by atoms with Gasteiger partial charge < -0.3 is 9.36 Å². The molecule has 1 saturated heterocycles. The molecule has 1 fully saturated rings. The molecule has 16 heavy (non-hydrogen) atoms. The lowest BCUT2D eigenvalue weighted by Crippen LogP contribution is -2.36. The molecule has 1 aliphatic rings. The average molecular weight is 243 g/mol. The molecular formula is C9H13N3O3S. The predicted molar refractivity (Wildman–Crippen MR) is 56.2 cm³/mol. The average Bonchev–Trinajstić information content (AvgIpc) is 2.85. The minimum absolute atomic E-state index is 0.00347. The van der Waals surface area contributed by atoms with E-state index in [9.17, 15) is 13.2 Å². The van der Waals surface area contributed by atoms with E-state index in [0.717, 1.165) is 6.42 Å². The maximum atomic E-state index is 12.1. The van der Waals surface area contributed by atoms with Gasteiger partial charge in [-0.15, -0.1) is 0 Å². The number of hydrogen-bond donors (Lipinski definition) is 0. The Morgan fingerprint density at radius 2 is 2.31 bits per heavy atom. The lowest BCUT2D eigenvalue weighted by atomic mass is 10.2. The van der Waals surface area contributed by atoms with Crippen LogP contribution < -0.4 is 0 Å². The van der Waals surface area contributed by atoms with Gasteiger partial charge in [0.05, 0.1) is 12.4 Å². The van der Waals surface area contributed by atoms with Crippen LogP contribution in [0.5, 0.6) is 0 Å². The Morgan fingerprint density at radius 1 is 1.56 bits per heavy atom. The molecule has 1 aromatic rings. The first kappa shape index (κ1) is 11.3. The molecule has 2 heterocycles. The fourth-order valence-electron chi connectivity index (χ4n) is 1.84. The van der Waals surface area contributed by atoms with E-state index in [2.05, 4.69) is 4.98 Å². The zero-order valence-electron chi connectivity index (χ0n) is 8.91. The third kappa shape index (κ3) is 1.76. The maximum absolute atomic E-state index is 12.1. The fourth-order valence-corrected chi connectivity index (χ4v) is 3.44. The van der Waals surface area contributed by atoms with Crippen LogP contribution in [0.1, 0.15) is 12.8 Å². The second-order valence-corrected chi connectivity index (χ2v) is 5.68. The van der Waals surface area contributed by atoms with Crippen LogP contribution in [0.3, 0.4) is 0 Å². The highest BCUT2D eigenvalue weighted by Gasteiger charge is 2.36. The molecule has 0 N–H and O–H groups in total. The molecule has 2 rings (SSSR count). The number of rotatable bonds is 3. The van der Waals surface area contributed by atoms with Crippen molar-refractivity contribution in [2.45, 2.75) is 23.9 Å². The Bertz CT molecular complexity index is 494. The van der Waals surface area contributed by atoms with Crippen molar-refractivity contribution in [1.82, 2.24) is 13.9 Å². The summed E-state index contributed by atoms with van der Waals surface area (Å²) in [7, 11) is -1.91. The van der Waals surface area contributed by atoms with Crippen molar-refractivity contribution in [2.24, 2.45) is 7.05 Å². The monoisotopic (exact) mass is 243 g/mol. The number of carbonyl (C=O) groups excluding carboxylic acids is 1. The number of aldehydes is 1. The largest absolute Gasteiger partial charge is 0.339 e. The molecule has 7 heteroatoms. The summed E-state index contributed by atoms with van der Waals surface area (Å²) in [6.45, 7) is 0.391. The Balaban J connectivity index is 2.35. The van der Waals surface area contributed by atoms with Gasteiger partial charge in [-0.1, -0.05) is 0 Å². The van der Waals surface area contributed by atoms with Gasteiger partial charge in [0.2, 0.25) is 0 Å². The molecule has 0 bridgehead atoms. The van der Waals surface area contributed by atoms with Crippen LogP contribution in [0.15, 0.2) is 17.6 Å². The zero-order chi connectivity index (χ0) is 11.8. The first-order chi connectivity index (χ1) is 7.55. The van der Waals surface area contributed by atoms with Crippen molar-refractivity contribution < 1.29 is 13.2 Å². The third-order valence-electron chi connectivity index (χ3n) is 2.66. The van der Waals surface area contributed by atoms with Crippen LogP contribution in [0.2, 0.25) is 0 Å². The van der Waals surface area contributed by atoms with E-state index in [1.165, 1.54) is 16.8 Å². The predicted octanol–water partition coefficient (Wildman–Crippen LogP) is -0.228. The van der Waals surface area contributed by atoms with E-state index in [0.29, 0.717) is 19.3 Å². The Kier molecular flexibility index (Phi) is 2.81. The van der Waals surface area contributed by atoms with E-state index in [1.807, 2.05) is 0 Å². The summed E-state index contributed by atoms with van der Waals surface area (Å²) in [5.41, 5.74) is 0. The highest BCUT2D eigenvalue weighted by molar-refractivity contribution is 7.89. The van der Waals surface area contributed by atoms with Crippen LogP contribution in [-0.2, 0) is 21.9 Å². The van der Waals surface area contributed by atoms with E-state index < -0.39 is 16.1 Å². The molecule has 1 aliphatic heterocycles. The first-order valence-corrected chi connectivity index (χ1v) is 6.45. The molecule has 0 spiro atoms. The third-order valence-corrected chi connectivity index (χ3v) is 4.47. The number of nitrogens with zero attached hydrogens (tertiary/aromatic N) is 3. The van der Waals surface area contributed by atoms with Gasteiger partial charge in [-0.3, -0.25) is 0 Å². The smallest absolute Gasteiger partial charge is 0.262 e. The zero-order valence-corrected chi connectivity index (χ0v) is 9.72. The molecular weight excluding hydrogens is 230 g/mol. The molecule has 0 saturated carbocycles. The highest BCUT2D eigenvalue weighted by atomic mass is 32.2. The molecule has 1 atom stereocenters. The summed E-state index contributed by atoms with van der Waals surface area (Å²) in [4.78, 5) is 14.6. The van der Waals surface area contributed by atoms with Crippen molar-refractivity contribution in [3.8, 4) is 0 Å². The summed E-state index contributed by atoms with van der Waals surface area (Å²) in [6.07, 6.45) is 4.87.